The molecule has 2 heterocycles. The number of amides is 3. The number of rotatable bonds is 9. The van der Waals surface area contributed by atoms with Crippen LogP contribution >= 0.6 is 0 Å². The Balaban J connectivity index is 1.23. The summed E-state index contributed by atoms with van der Waals surface area (Å²) in [5.41, 5.74) is 2.23. The predicted octanol–water partition coefficient (Wildman–Crippen LogP) is 5.01. The van der Waals surface area contributed by atoms with E-state index in [0.29, 0.717) is 38.3 Å². The summed E-state index contributed by atoms with van der Waals surface area (Å²) in [7, 11) is 0. The van der Waals surface area contributed by atoms with Gasteiger partial charge in [-0.25, -0.2) is 4.79 Å². The van der Waals surface area contributed by atoms with E-state index in [4.69, 9.17) is 4.74 Å². The minimum atomic E-state index is 0.181. The number of carbonyl (C=O) groups excluding carboxylic acids is 2. The summed E-state index contributed by atoms with van der Waals surface area (Å²) >= 11 is 0. The van der Waals surface area contributed by atoms with E-state index in [1.165, 1.54) is 24.8 Å². The molecule has 1 saturated carbocycles. The van der Waals surface area contributed by atoms with E-state index in [2.05, 4.69) is 48.3 Å². The van der Waals surface area contributed by atoms with Crippen molar-refractivity contribution in [1.29, 1.82) is 0 Å². The van der Waals surface area contributed by atoms with Crippen LogP contribution in [0.2, 0.25) is 0 Å². The first kappa shape index (κ1) is 27.9. The molecule has 1 N–H and O–H groups in total. The van der Waals surface area contributed by atoms with Gasteiger partial charge in [-0.1, -0.05) is 38.3 Å². The van der Waals surface area contributed by atoms with Crippen LogP contribution in [0.4, 0.5) is 10.5 Å². The van der Waals surface area contributed by atoms with E-state index in [1.807, 2.05) is 9.80 Å². The van der Waals surface area contributed by atoms with E-state index in [9.17, 15) is 9.59 Å². The summed E-state index contributed by atoms with van der Waals surface area (Å²) in [5, 5.41) is 3.14. The first-order chi connectivity index (χ1) is 18.0. The van der Waals surface area contributed by atoms with E-state index in [-0.39, 0.29) is 17.9 Å². The third-order valence-corrected chi connectivity index (χ3v) is 8.52. The van der Waals surface area contributed by atoms with Gasteiger partial charge < -0.3 is 24.8 Å². The Morgan fingerprint density at radius 2 is 1.62 bits per heavy atom. The number of hydrogen-bond acceptors (Lipinski definition) is 4. The Kier molecular flexibility index (Phi) is 10.7. The van der Waals surface area contributed by atoms with Gasteiger partial charge in [0.15, 0.2) is 0 Å². The Labute approximate surface area is 223 Å². The van der Waals surface area contributed by atoms with Gasteiger partial charge in [0.25, 0.3) is 0 Å². The van der Waals surface area contributed by atoms with Crippen LogP contribution in [0.3, 0.4) is 0 Å². The summed E-state index contributed by atoms with van der Waals surface area (Å²) < 4.78 is 5.40. The van der Waals surface area contributed by atoms with Gasteiger partial charge in [-0.3, -0.25) is 4.79 Å². The number of ether oxygens (including phenoxy) is 1. The number of anilines is 1. The average Bonchev–Trinajstić information content (AvgIpc) is 2.95. The predicted molar refractivity (Wildman–Crippen MR) is 149 cm³/mol. The van der Waals surface area contributed by atoms with Crippen LogP contribution in [0.5, 0.6) is 0 Å². The van der Waals surface area contributed by atoms with Crippen LogP contribution in [0.25, 0.3) is 0 Å². The monoisotopic (exact) mass is 512 g/mol. The second-order valence-electron chi connectivity index (χ2n) is 11.4. The number of hydrogen-bond donors (Lipinski definition) is 1. The van der Waals surface area contributed by atoms with Gasteiger partial charge in [0.05, 0.1) is 13.2 Å². The number of nitrogens with one attached hydrogen (secondary N) is 1. The van der Waals surface area contributed by atoms with Crippen molar-refractivity contribution in [3.8, 4) is 0 Å². The largest absolute Gasteiger partial charge is 0.378 e. The quantitative estimate of drug-likeness (QED) is 0.505. The molecule has 4 rings (SSSR count). The van der Waals surface area contributed by atoms with E-state index < -0.39 is 0 Å². The number of likely N-dealkylation sites (tertiary alicyclic amines) is 1. The summed E-state index contributed by atoms with van der Waals surface area (Å²) in [4.78, 5) is 32.0. The minimum Gasteiger partial charge on any atom is -0.378 e. The SMILES string of the molecule is CCCN(CC1CCN(C(=O)N2CCOCC2)CC1)C(C)Cc1ccc(NC(=O)C2CCCCC2)cc1. The number of nitrogens with zero attached hydrogens (tertiary/aromatic N) is 3. The second-order valence-corrected chi connectivity index (χ2v) is 11.4. The fourth-order valence-corrected chi connectivity index (χ4v) is 6.18. The zero-order chi connectivity index (χ0) is 26.0. The van der Waals surface area contributed by atoms with Crippen LogP contribution in [0, 0.1) is 11.8 Å². The first-order valence-electron chi connectivity index (χ1n) is 14.8. The van der Waals surface area contributed by atoms with Crippen LogP contribution in [-0.4, -0.2) is 85.2 Å². The highest BCUT2D eigenvalue weighted by Crippen LogP contribution is 2.26. The van der Waals surface area contributed by atoms with Crippen LogP contribution in [0.1, 0.15) is 70.8 Å². The van der Waals surface area contributed by atoms with E-state index in [1.54, 1.807) is 0 Å². The first-order valence-corrected chi connectivity index (χ1v) is 14.8. The molecule has 2 saturated heterocycles. The molecule has 1 aromatic carbocycles. The van der Waals surface area contributed by atoms with Gasteiger partial charge in [0, 0.05) is 50.4 Å². The minimum absolute atomic E-state index is 0.181. The highest BCUT2D eigenvalue weighted by atomic mass is 16.5. The number of carbonyl (C=O) groups is 2. The number of morpholine rings is 1. The molecule has 0 radical (unpaired) electrons. The number of urea groups is 1. The zero-order valence-corrected chi connectivity index (χ0v) is 23.1. The molecule has 0 aromatic heterocycles. The lowest BCUT2D eigenvalue weighted by molar-refractivity contribution is -0.120. The summed E-state index contributed by atoms with van der Waals surface area (Å²) in [6.07, 6.45) is 9.98. The molecular weight excluding hydrogens is 464 g/mol. The molecule has 1 aromatic rings. The van der Waals surface area contributed by atoms with Crippen molar-refractivity contribution >= 4 is 17.6 Å². The van der Waals surface area contributed by atoms with Crippen LogP contribution in [0.15, 0.2) is 24.3 Å². The lowest BCUT2D eigenvalue weighted by Gasteiger charge is -2.39. The van der Waals surface area contributed by atoms with Crippen molar-refractivity contribution < 1.29 is 14.3 Å². The van der Waals surface area contributed by atoms with Crippen molar-refractivity contribution in [2.75, 3.05) is 57.8 Å². The number of piperidine rings is 1. The topological polar surface area (TPSA) is 65.1 Å². The van der Waals surface area contributed by atoms with Crippen molar-refractivity contribution in [3.63, 3.8) is 0 Å². The lowest BCUT2D eigenvalue weighted by Crippen LogP contribution is -2.51. The van der Waals surface area contributed by atoms with E-state index >= 15 is 0 Å². The molecule has 1 unspecified atom stereocenters. The van der Waals surface area contributed by atoms with Crippen molar-refractivity contribution in [3.05, 3.63) is 29.8 Å². The molecule has 7 nitrogen and oxygen atoms in total. The lowest BCUT2D eigenvalue weighted by atomic mass is 9.88. The molecule has 3 fully saturated rings. The molecule has 3 amide bonds. The molecule has 1 atom stereocenters. The van der Waals surface area contributed by atoms with Gasteiger partial charge in [0.2, 0.25) is 5.91 Å². The Hall–Kier alpha value is -2.12. The van der Waals surface area contributed by atoms with Gasteiger partial charge >= 0.3 is 6.03 Å². The molecule has 37 heavy (non-hydrogen) atoms. The van der Waals surface area contributed by atoms with Crippen molar-refractivity contribution in [2.24, 2.45) is 11.8 Å². The molecular formula is C30H48N4O3. The van der Waals surface area contributed by atoms with Crippen LogP contribution < -0.4 is 5.32 Å². The molecule has 2 aliphatic heterocycles. The van der Waals surface area contributed by atoms with Crippen molar-refractivity contribution in [2.45, 2.75) is 77.7 Å². The molecule has 0 bridgehead atoms. The standard InChI is InChI=1S/C30H48N4O3/c1-3-15-34(23-26-13-16-32(17-14-26)30(36)33-18-20-37-21-19-33)24(2)22-25-9-11-28(12-10-25)31-29(35)27-7-5-4-6-8-27/h9-12,24,26-27H,3-8,13-23H2,1-2H3,(H,31,35). The molecule has 206 valence electrons. The van der Waals surface area contributed by atoms with Gasteiger partial charge in [-0.15, -0.1) is 0 Å². The fourth-order valence-electron chi connectivity index (χ4n) is 6.18. The average molecular weight is 513 g/mol. The Morgan fingerprint density at radius 1 is 0.973 bits per heavy atom. The van der Waals surface area contributed by atoms with Gasteiger partial charge in [-0.2, -0.15) is 0 Å². The maximum absolute atomic E-state index is 12.8. The van der Waals surface area contributed by atoms with Gasteiger partial charge in [0.1, 0.15) is 0 Å². The summed E-state index contributed by atoms with van der Waals surface area (Å²) in [5.74, 6) is 1.01. The molecule has 0 spiro atoms. The third kappa shape index (κ3) is 8.18. The highest BCUT2D eigenvalue weighted by Gasteiger charge is 2.29. The smallest absolute Gasteiger partial charge is 0.320 e. The molecule has 1 aliphatic carbocycles. The molecule has 3 aliphatic rings. The maximum atomic E-state index is 12.8. The highest BCUT2D eigenvalue weighted by molar-refractivity contribution is 5.92. The maximum Gasteiger partial charge on any atom is 0.320 e. The summed E-state index contributed by atoms with van der Waals surface area (Å²) in [6.45, 7) is 11.3. The van der Waals surface area contributed by atoms with Crippen LogP contribution in [-0.2, 0) is 16.0 Å². The number of benzene rings is 1. The molecule has 7 heteroatoms. The normalized spacial score (nSPS) is 20.7. The van der Waals surface area contributed by atoms with Crippen molar-refractivity contribution in [1.82, 2.24) is 14.7 Å². The zero-order valence-electron chi connectivity index (χ0n) is 23.1. The Bertz CT molecular complexity index is 841. The fraction of sp³-hybridized carbons (Fsp3) is 0.733. The second kappa shape index (κ2) is 14.1. The summed E-state index contributed by atoms with van der Waals surface area (Å²) in [6, 6.07) is 9.12. The Morgan fingerprint density at radius 3 is 2.27 bits per heavy atom. The van der Waals surface area contributed by atoms with Gasteiger partial charge in [-0.05, 0) is 75.6 Å². The van der Waals surface area contributed by atoms with E-state index in [0.717, 1.165) is 70.4 Å². The third-order valence-electron chi connectivity index (χ3n) is 8.52.